The Bertz CT molecular complexity index is 671. The van der Waals surface area contributed by atoms with E-state index in [1.54, 1.807) is 22.9 Å². The summed E-state index contributed by atoms with van der Waals surface area (Å²) in [6, 6.07) is 6.71. The predicted molar refractivity (Wildman–Crippen MR) is 72.5 cm³/mol. The number of hydrogen-bond donors (Lipinski definition) is 0. The summed E-state index contributed by atoms with van der Waals surface area (Å²) < 4.78 is 6.87. The number of ketones is 1. The molecule has 20 heavy (non-hydrogen) atoms. The highest BCUT2D eigenvalue weighted by Gasteiger charge is 2.25. The lowest BCUT2D eigenvalue weighted by molar-refractivity contribution is -0.383. The maximum atomic E-state index is 12.2. The summed E-state index contributed by atoms with van der Waals surface area (Å²) >= 11 is 0. The van der Waals surface area contributed by atoms with Crippen molar-refractivity contribution >= 4 is 22.4 Å². The van der Waals surface area contributed by atoms with Crippen LogP contribution in [0.15, 0.2) is 30.5 Å². The van der Waals surface area contributed by atoms with Gasteiger partial charge in [0, 0.05) is 30.2 Å². The van der Waals surface area contributed by atoms with E-state index >= 15 is 0 Å². The van der Waals surface area contributed by atoms with Gasteiger partial charge in [-0.2, -0.15) is 0 Å². The molecule has 2 heterocycles. The Morgan fingerprint density at radius 3 is 3.00 bits per heavy atom. The lowest BCUT2D eigenvalue weighted by Gasteiger charge is -2.09. The Kier molecular flexibility index (Phi) is 3.23. The number of carbonyl (C=O) groups excluding carboxylic acids is 1. The smallest absolute Gasteiger partial charge is 0.293 e. The van der Waals surface area contributed by atoms with Crippen LogP contribution in [0, 0.1) is 16.0 Å². The molecule has 3 rings (SSSR count). The number of hydrogen-bond acceptors (Lipinski definition) is 4. The molecule has 1 aliphatic rings. The molecule has 1 aromatic heterocycles. The highest BCUT2D eigenvalue weighted by Crippen LogP contribution is 2.27. The van der Waals surface area contributed by atoms with E-state index in [1.165, 1.54) is 6.07 Å². The third-order valence-electron chi connectivity index (χ3n) is 3.68. The molecule has 1 unspecified atom stereocenters. The van der Waals surface area contributed by atoms with E-state index in [9.17, 15) is 14.9 Å². The van der Waals surface area contributed by atoms with E-state index in [4.69, 9.17) is 4.74 Å². The lowest BCUT2D eigenvalue weighted by atomic mass is 10.0. The number of nitro benzene ring substituents is 1. The largest absolute Gasteiger partial charge is 0.381 e. The standard InChI is InChI=1S/C14H14N2O4/c17-13(11-5-7-20-9-11)8-15-6-4-10-2-1-3-12(14(10)15)16(18)19/h1-4,6,11H,5,7-9H2. The molecule has 0 aliphatic carbocycles. The Morgan fingerprint density at radius 1 is 1.45 bits per heavy atom. The lowest BCUT2D eigenvalue weighted by Crippen LogP contribution is -2.20. The zero-order valence-corrected chi connectivity index (χ0v) is 10.8. The average molecular weight is 274 g/mol. The molecule has 1 atom stereocenters. The second kappa shape index (κ2) is 5.05. The van der Waals surface area contributed by atoms with Gasteiger partial charge in [-0.15, -0.1) is 0 Å². The van der Waals surface area contributed by atoms with Gasteiger partial charge in [-0.25, -0.2) is 0 Å². The zero-order chi connectivity index (χ0) is 14.1. The van der Waals surface area contributed by atoms with Crippen molar-refractivity contribution in [2.24, 2.45) is 5.92 Å². The fourth-order valence-electron chi connectivity index (χ4n) is 2.61. The Balaban J connectivity index is 1.95. The van der Waals surface area contributed by atoms with E-state index in [0.29, 0.717) is 18.7 Å². The minimum Gasteiger partial charge on any atom is -0.381 e. The van der Waals surface area contributed by atoms with E-state index in [1.807, 2.05) is 6.07 Å². The normalized spacial score (nSPS) is 18.5. The van der Waals surface area contributed by atoms with Crippen LogP contribution in [0.3, 0.4) is 0 Å². The van der Waals surface area contributed by atoms with Gasteiger partial charge in [-0.1, -0.05) is 12.1 Å². The first kappa shape index (κ1) is 12.8. The highest BCUT2D eigenvalue weighted by molar-refractivity contribution is 5.90. The molecule has 0 N–H and O–H groups in total. The quantitative estimate of drug-likeness (QED) is 0.632. The van der Waals surface area contributed by atoms with Crippen LogP contribution in [0.4, 0.5) is 5.69 Å². The monoisotopic (exact) mass is 274 g/mol. The number of para-hydroxylation sites is 1. The topological polar surface area (TPSA) is 74.4 Å². The van der Waals surface area contributed by atoms with Crippen molar-refractivity contribution in [2.45, 2.75) is 13.0 Å². The number of nitrogens with zero attached hydrogens (tertiary/aromatic N) is 2. The van der Waals surface area contributed by atoms with E-state index in [2.05, 4.69) is 0 Å². The fraction of sp³-hybridized carbons (Fsp3) is 0.357. The molecular formula is C14H14N2O4. The zero-order valence-electron chi connectivity index (χ0n) is 10.8. The number of nitro groups is 1. The van der Waals surface area contributed by atoms with Gasteiger partial charge in [0.25, 0.3) is 5.69 Å². The molecule has 1 aliphatic heterocycles. The summed E-state index contributed by atoms with van der Waals surface area (Å²) in [4.78, 5) is 22.8. The van der Waals surface area contributed by atoms with Gasteiger partial charge in [0.05, 0.1) is 18.1 Å². The van der Waals surface area contributed by atoms with Crippen molar-refractivity contribution in [2.75, 3.05) is 13.2 Å². The molecule has 1 fully saturated rings. The van der Waals surface area contributed by atoms with Crippen LogP contribution in [0.5, 0.6) is 0 Å². The molecule has 0 amide bonds. The number of ether oxygens (including phenoxy) is 1. The summed E-state index contributed by atoms with van der Waals surface area (Å²) in [5.41, 5.74) is 0.535. The molecule has 104 valence electrons. The minimum absolute atomic E-state index is 0.0305. The molecule has 1 aromatic carbocycles. The summed E-state index contributed by atoms with van der Waals surface area (Å²) in [5, 5.41) is 11.9. The second-order valence-corrected chi connectivity index (χ2v) is 4.94. The van der Waals surface area contributed by atoms with Crippen LogP contribution in [-0.2, 0) is 16.1 Å². The van der Waals surface area contributed by atoms with Gasteiger partial charge in [0.15, 0.2) is 5.78 Å². The van der Waals surface area contributed by atoms with Crippen LogP contribution in [0.1, 0.15) is 6.42 Å². The van der Waals surface area contributed by atoms with Crippen LogP contribution < -0.4 is 0 Å². The first-order valence-corrected chi connectivity index (χ1v) is 6.49. The SMILES string of the molecule is O=C(Cn1ccc2cccc([N+](=O)[O-])c21)C1CCOC1. The number of carbonyl (C=O) groups is 1. The molecule has 1 saturated heterocycles. The van der Waals surface area contributed by atoms with Gasteiger partial charge in [-0.3, -0.25) is 14.9 Å². The molecular weight excluding hydrogens is 260 g/mol. The maximum absolute atomic E-state index is 12.2. The van der Waals surface area contributed by atoms with E-state index in [0.717, 1.165) is 11.8 Å². The summed E-state index contributed by atoms with van der Waals surface area (Å²) in [6.45, 7) is 1.23. The molecule has 6 nitrogen and oxygen atoms in total. The van der Waals surface area contributed by atoms with E-state index in [-0.39, 0.29) is 23.9 Å². The first-order chi connectivity index (χ1) is 9.66. The van der Waals surface area contributed by atoms with Crippen molar-refractivity contribution < 1.29 is 14.5 Å². The predicted octanol–water partition coefficient (Wildman–Crippen LogP) is 2.16. The van der Waals surface area contributed by atoms with Gasteiger partial charge in [-0.05, 0) is 12.5 Å². The molecule has 6 heteroatoms. The van der Waals surface area contributed by atoms with Crippen LogP contribution in [0.2, 0.25) is 0 Å². The van der Waals surface area contributed by atoms with Crippen LogP contribution in [-0.4, -0.2) is 28.5 Å². The first-order valence-electron chi connectivity index (χ1n) is 6.49. The molecule has 0 radical (unpaired) electrons. The van der Waals surface area contributed by atoms with Crippen molar-refractivity contribution in [1.82, 2.24) is 4.57 Å². The Labute approximate surface area is 115 Å². The van der Waals surface area contributed by atoms with Gasteiger partial charge >= 0.3 is 0 Å². The van der Waals surface area contributed by atoms with Gasteiger partial charge in [0.1, 0.15) is 5.52 Å². The van der Waals surface area contributed by atoms with Gasteiger partial charge < -0.3 is 9.30 Å². The number of Topliss-reactive ketones (excluding diaryl/α,β-unsaturated/α-hetero) is 1. The van der Waals surface area contributed by atoms with Gasteiger partial charge in [0.2, 0.25) is 0 Å². The van der Waals surface area contributed by atoms with E-state index < -0.39 is 4.92 Å². The second-order valence-electron chi connectivity index (χ2n) is 4.94. The third-order valence-corrected chi connectivity index (χ3v) is 3.68. The molecule has 2 aromatic rings. The fourth-order valence-corrected chi connectivity index (χ4v) is 2.61. The number of benzene rings is 1. The number of aromatic nitrogens is 1. The van der Waals surface area contributed by atoms with Crippen molar-refractivity contribution in [1.29, 1.82) is 0 Å². The minimum atomic E-state index is -0.415. The highest BCUT2D eigenvalue weighted by atomic mass is 16.6. The average Bonchev–Trinajstić information content (AvgIpc) is 3.08. The van der Waals surface area contributed by atoms with Crippen molar-refractivity contribution in [3.63, 3.8) is 0 Å². The summed E-state index contributed by atoms with van der Waals surface area (Å²) in [5.74, 6) is -0.0200. The summed E-state index contributed by atoms with van der Waals surface area (Å²) in [7, 11) is 0. The number of non-ortho nitro benzene ring substituents is 1. The Hall–Kier alpha value is -2.21. The molecule has 0 saturated carbocycles. The maximum Gasteiger partial charge on any atom is 0.293 e. The van der Waals surface area contributed by atoms with Crippen LogP contribution in [0.25, 0.3) is 10.9 Å². The molecule has 0 spiro atoms. The van der Waals surface area contributed by atoms with Crippen molar-refractivity contribution in [3.05, 3.63) is 40.6 Å². The van der Waals surface area contributed by atoms with Crippen molar-refractivity contribution in [3.8, 4) is 0 Å². The number of rotatable bonds is 4. The third kappa shape index (κ3) is 2.18. The number of fused-ring (bicyclic) bond motifs is 1. The summed E-state index contributed by atoms with van der Waals surface area (Å²) in [6.07, 6.45) is 2.46. The Morgan fingerprint density at radius 2 is 2.30 bits per heavy atom. The van der Waals surface area contributed by atoms with Crippen LogP contribution >= 0.6 is 0 Å². The molecule has 0 bridgehead atoms.